The molecule has 1 atom stereocenters. The molecule has 0 N–H and O–H groups in total. The Hall–Kier alpha value is -0.660. The van der Waals surface area contributed by atoms with Crippen LogP contribution in [-0.4, -0.2) is 36.4 Å². The van der Waals surface area contributed by atoms with Gasteiger partial charge in [0.15, 0.2) is 0 Å². The lowest BCUT2D eigenvalue weighted by Gasteiger charge is -2.22. The molecule has 0 amide bonds. The summed E-state index contributed by atoms with van der Waals surface area (Å²) in [5.41, 5.74) is 0. The zero-order valence-corrected chi connectivity index (χ0v) is 11.3. The maximum Gasteiger partial charge on any atom is 0.296 e. The van der Waals surface area contributed by atoms with Gasteiger partial charge in [0.05, 0.1) is 6.61 Å². The van der Waals surface area contributed by atoms with E-state index in [1.54, 1.807) is 4.57 Å². The van der Waals surface area contributed by atoms with Gasteiger partial charge in [0.25, 0.3) is 14.2 Å². The minimum atomic E-state index is -3.84. The first-order valence-corrected chi connectivity index (χ1v) is 8.35. The van der Waals surface area contributed by atoms with Crippen molar-refractivity contribution < 1.29 is 13.2 Å². The fourth-order valence-corrected chi connectivity index (χ4v) is 3.28. The van der Waals surface area contributed by atoms with Crippen molar-refractivity contribution in [3.05, 3.63) is 5.82 Å². The van der Waals surface area contributed by atoms with Crippen LogP contribution in [0.25, 0.3) is 0 Å². The van der Waals surface area contributed by atoms with Crippen molar-refractivity contribution in [1.82, 2.24) is 14.8 Å². The van der Waals surface area contributed by atoms with Gasteiger partial charge in [0.1, 0.15) is 5.82 Å². The zero-order chi connectivity index (χ0) is 12.8. The minimum absolute atomic E-state index is 0.118. The predicted molar refractivity (Wildman–Crippen MR) is 64.1 cm³/mol. The Balaban J connectivity index is 2.01. The average molecular weight is 292 g/mol. The Kier molecular flexibility index (Phi) is 3.07. The highest BCUT2D eigenvalue weighted by atomic mass is 35.7. The molecule has 1 saturated heterocycles. The first kappa shape index (κ1) is 12.4. The molecular formula is C10H14ClN3O3S. The van der Waals surface area contributed by atoms with Crippen LogP contribution in [0.4, 0.5) is 0 Å². The Morgan fingerprint density at radius 2 is 2.06 bits per heavy atom. The van der Waals surface area contributed by atoms with Crippen LogP contribution in [0.15, 0.2) is 5.16 Å². The molecule has 1 aliphatic carbocycles. The van der Waals surface area contributed by atoms with Gasteiger partial charge in [-0.05, 0) is 25.7 Å². The van der Waals surface area contributed by atoms with Gasteiger partial charge in [0.2, 0.25) is 0 Å². The predicted octanol–water partition coefficient (Wildman–Crippen LogP) is 1.43. The van der Waals surface area contributed by atoms with Gasteiger partial charge in [-0.2, -0.15) is 0 Å². The number of nitrogens with zero attached hydrogens (tertiary/aromatic N) is 3. The van der Waals surface area contributed by atoms with E-state index in [4.69, 9.17) is 15.4 Å². The Morgan fingerprint density at radius 1 is 1.28 bits per heavy atom. The van der Waals surface area contributed by atoms with Gasteiger partial charge < -0.3 is 4.74 Å². The molecule has 2 aliphatic rings. The third-order valence-corrected chi connectivity index (χ3v) is 4.47. The summed E-state index contributed by atoms with van der Waals surface area (Å²) in [5.74, 6) is 0.829. The van der Waals surface area contributed by atoms with Crippen LogP contribution in [0.2, 0.25) is 0 Å². The van der Waals surface area contributed by atoms with Crippen LogP contribution in [0.5, 0.6) is 0 Å². The molecule has 1 unspecified atom stereocenters. The number of rotatable bonds is 3. The van der Waals surface area contributed by atoms with Crippen molar-refractivity contribution in [3.63, 3.8) is 0 Å². The summed E-state index contributed by atoms with van der Waals surface area (Å²) < 4.78 is 30.1. The van der Waals surface area contributed by atoms with Gasteiger partial charge in [-0.3, -0.25) is 4.57 Å². The van der Waals surface area contributed by atoms with E-state index in [0.29, 0.717) is 12.4 Å². The summed E-state index contributed by atoms with van der Waals surface area (Å²) in [4.78, 5) is 0. The average Bonchev–Trinajstić information content (AvgIpc) is 3.07. The van der Waals surface area contributed by atoms with Crippen LogP contribution >= 0.6 is 10.7 Å². The molecule has 0 radical (unpaired) electrons. The van der Waals surface area contributed by atoms with Crippen molar-refractivity contribution in [2.75, 3.05) is 13.2 Å². The van der Waals surface area contributed by atoms with E-state index in [9.17, 15) is 8.42 Å². The van der Waals surface area contributed by atoms with Crippen LogP contribution in [0.3, 0.4) is 0 Å². The fraction of sp³-hybridized carbons (Fsp3) is 0.800. The number of halogens is 1. The minimum Gasteiger partial charge on any atom is -0.381 e. The van der Waals surface area contributed by atoms with Gasteiger partial charge in [-0.15, -0.1) is 10.2 Å². The van der Waals surface area contributed by atoms with Crippen LogP contribution < -0.4 is 0 Å². The van der Waals surface area contributed by atoms with Crippen LogP contribution in [0.1, 0.15) is 43.5 Å². The summed E-state index contributed by atoms with van der Waals surface area (Å²) >= 11 is 0. The van der Waals surface area contributed by atoms with E-state index in [1.807, 2.05) is 0 Å². The monoisotopic (exact) mass is 291 g/mol. The molecule has 1 aromatic rings. The molecule has 8 heteroatoms. The van der Waals surface area contributed by atoms with E-state index in [-0.39, 0.29) is 17.1 Å². The maximum atomic E-state index is 11.5. The normalized spacial score (nSPS) is 25.3. The molecule has 3 rings (SSSR count). The summed E-state index contributed by atoms with van der Waals surface area (Å²) in [6.45, 7) is 1.34. The molecule has 2 fully saturated rings. The van der Waals surface area contributed by atoms with Crippen molar-refractivity contribution in [1.29, 1.82) is 0 Å². The largest absolute Gasteiger partial charge is 0.381 e. The van der Waals surface area contributed by atoms with Gasteiger partial charge in [-0.1, -0.05) is 0 Å². The Labute approximate surface area is 110 Å². The summed E-state index contributed by atoms with van der Waals surface area (Å²) in [5, 5.41) is 7.68. The quantitative estimate of drug-likeness (QED) is 0.788. The first-order chi connectivity index (χ1) is 8.57. The first-order valence-electron chi connectivity index (χ1n) is 6.04. The molecule has 1 saturated carbocycles. The van der Waals surface area contributed by atoms with E-state index in [1.165, 1.54) is 0 Å². The highest BCUT2D eigenvalue weighted by Crippen LogP contribution is 2.40. The SMILES string of the molecule is O=S(=O)(Cl)c1nnc(C2CCCOC2)n1C1CC1. The number of hydrogen-bond acceptors (Lipinski definition) is 5. The lowest BCUT2D eigenvalue weighted by molar-refractivity contribution is 0.0767. The summed E-state index contributed by atoms with van der Waals surface area (Å²) in [6, 6.07) is 0.181. The second-order valence-electron chi connectivity index (χ2n) is 4.79. The van der Waals surface area contributed by atoms with E-state index < -0.39 is 9.05 Å². The number of hydrogen-bond donors (Lipinski definition) is 0. The lowest BCUT2D eigenvalue weighted by Crippen LogP contribution is -2.20. The molecule has 1 aliphatic heterocycles. The molecule has 1 aromatic heterocycles. The maximum absolute atomic E-state index is 11.5. The second-order valence-corrected chi connectivity index (χ2v) is 7.25. The second kappa shape index (κ2) is 4.47. The Bertz CT molecular complexity index is 547. The molecule has 18 heavy (non-hydrogen) atoms. The molecule has 6 nitrogen and oxygen atoms in total. The molecule has 0 spiro atoms. The third-order valence-electron chi connectivity index (χ3n) is 3.35. The zero-order valence-electron chi connectivity index (χ0n) is 9.75. The topological polar surface area (TPSA) is 74.1 Å². The molecular weight excluding hydrogens is 278 g/mol. The van der Waals surface area contributed by atoms with Crippen molar-refractivity contribution >= 4 is 19.7 Å². The van der Waals surface area contributed by atoms with E-state index >= 15 is 0 Å². The van der Waals surface area contributed by atoms with Gasteiger partial charge >= 0.3 is 0 Å². The van der Waals surface area contributed by atoms with Crippen molar-refractivity contribution in [2.45, 2.75) is 42.8 Å². The highest BCUT2D eigenvalue weighted by molar-refractivity contribution is 8.13. The van der Waals surface area contributed by atoms with Crippen molar-refractivity contribution in [3.8, 4) is 0 Å². The highest BCUT2D eigenvalue weighted by Gasteiger charge is 2.36. The van der Waals surface area contributed by atoms with E-state index in [2.05, 4.69) is 10.2 Å². The lowest BCUT2D eigenvalue weighted by atomic mass is 10.0. The smallest absolute Gasteiger partial charge is 0.296 e. The Morgan fingerprint density at radius 3 is 2.61 bits per heavy atom. The summed E-state index contributed by atoms with van der Waals surface area (Å²) in [7, 11) is 1.57. The van der Waals surface area contributed by atoms with Crippen molar-refractivity contribution in [2.24, 2.45) is 0 Å². The molecule has 0 aromatic carbocycles. The standard InChI is InChI=1S/C10H14ClN3O3S/c11-18(15,16)10-13-12-9(14(10)8-3-4-8)7-2-1-5-17-6-7/h7-8H,1-6H2. The van der Waals surface area contributed by atoms with E-state index in [0.717, 1.165) is 32.3 Å². The van der Waals surface area contributed by atoms with Crippen LogP contribution in [-0.2, 0) is 13.8 Å². The van der Waals surface area contributed by atoms with Crippen LogP contribution in [0, 0.1) is 0 Å². The summed E-state index contributed by atoms with van der Waals surface area (Å²) in [6.07, 6.45) is 3.83. The molecule has 100 valence electrons. The fourth-order valence-electron chi connectivity index (χ4n) is 2.35. The molecule has 0 bridgehead atoms. The molecule has 2 heterocycles. The third kappa shape index (κ3) is 2.26. The number of aromatic nitrogens is 3. The van der Waals surface area contributed by atoms with Gasteiger partial charge in [-0.25, -0.2) is 8.42 Å². The number of ether oxygens (including phenoxy) is 1. The van der Waals surface area contributed by atoms with Gasteiger partial charge in [0, 0.05) is 29.2 Å².